The maximum atomic E-state index is 12.7. The van der Waals surface area contributed by atoms with Gasteiger partial charge >= 0.3 is 0 Å². The molecule has 5 rings (SSSR count). The number of rotatable bonds is 7. The summed E-state index contributed by atoms with van der Waals surface area (Å²) in [5.74, 6) is 4.39. The Labute approximate surface area is 208 Å². The molecule has 0 aliphatic carbocycles. The lowest BCUT2D eigenvalue weighted by atomic mass is 10.1. The molecule has 1 aromatic carbocycles. The summed E-state index contributed by atoms with van der Waals surface area (Å²) in [6.07, 6.45) is 5.78. The average Bonchev–Trinajstić information content (AvgIpc) is 3.43. The maximum absolute atomic E-state index is 12.7. The van der Waals surface area contributed by atoms with Crippen LogP contribution < -0.4 is 25.0 Å². The van der Waals surface area contributed by atoms with Gasteiger partial charge in [-0.1, -0.05) is 6.07 Å². The van der Waals surface area contributed by atoms with E-state index in [4.69, 9.17) is 9.47 Å². The summed E-state index contributed by atoms with van der Waals surface area (Å²) in [5, 5.41) is 6.20. The fraction of sp³-hybridized carbons (Fsp3) is 0.360. The molecule has 0 radical (unpaired) electrons. The smallest absolute Gasteiger partial charge is 0.237 e. The Morgan fingerprint density at radius 1 is 1.22 bits per heavy atom. The number of imidazole rings is 1. The van der Waals surface area contributed by atoms with Crippen molar-refractivity contribution in [3.8, 4) is 17.4 Å². The number of fused-ring (bicyclic) bond motifs is 1. The Bertz CT molecular complexity index is 1290. The summed E-state index contributed by atoms with van der Waals surface area (Å²) < 4.78 is 12.9. The van der Waals surface area contributed by atoms with Crippen molar-refractivity contribution in [2.24, 2.45) is 0 Å². The number of nitrogens with zero attached hydrogens (tertiary/aromatic N) is 5. The van der Waals surface area contributed by atoms with Crippen molar-refractivity contribution in [3.05, 3.63) is 59.9 Å². The van der Waals surface area contributed by atoms with Gasteiger partial charge in [-0.25, -0.2) is 14.8 Å². The van der Waals surface area contributed by atoms with E-state index in [2.05, 4.69) is 25.6 Å². The molecule has 0 saturated carbocycles. The number of aryl methyl sites for hydroxylation is 1. The Morgan fingerprint density at radius 3 is 2.89 bits per heavy atom. The minimum absolute atomic E-state index is 0.112. The topological polar surface area (TPSA) is 124 Å². The monoisotopic (exact) mass is 489 g/mol. The second-order valence-corrected chi connectivity index (χ2v) is 8.57. The van der Waals surface area contributed by atoms with Crippen LogP contribution in [0, 0.1) is 6.92 Å². The standard InChI is InChI=1S/C25H27N7O4/c1-17-12-23(30-25(29-17)31-8-6-26-16-31)32-9-7-27-19(20(32)15-33)14-24(34)28-5-4-18-2-3-21-22(13-18)36-11-10-35-21/h2-3,6,8,12-13,16,19,27H,4-5,7,9-11,14H2,1H3,(H,28,34). The van der Waals surface area contributed by atoms with Crippen molar-refractivity contribution < 1.29 is 19.1 Å². The van der Waals surface area contributed by atoms with Crippen LogP contribution in [0.2, 0.25) is 0 Å². The van der Waals surface area contributed by atoms with Gasteiger partial charge in [0.2, 0.25) is 11.9 Å². The largest absolute Gasteiger partial charge is 0.486 e. The van der Waals surface area contributed by atoms with Gasteiger partial charge < -0.3 is 25.0 Å². The number of carbonyl (C=O) groups excluding carboxylic acids is 2. The number of benzene rings is 1. The van der Waals surface area contributed by atoms with E-state index < -0.39 is 6.04 Å². The fourth-order valence-electron chi connectivity index (χ4n) is 4.30. The Kier molecular flexibility index (Phi) is 6.92. The van der Waals surface area contributed by atoms with Crippen LogP contribution in [0.5, 0.6) is 11.5 Å². The molecule has 11 heteroatoms. The Balaban J connectivity index is 1.21. The van der Waals surface area contributed by atoms with E-state index in [0.29, 0.717) is 56.7 Å². The van der Waals surface area contributed by atoms with Gasteiger partial charge in [0.25, 0.3) is 0 Å². The number of anilines is 1. The van der Waals surface area contributed by atoms with Gasteiger partial charge in [-0.15, -0.1) is 0 Å². The first-order valence-electron chi connectivity index (χ1n) is 11.9. The highest BCUT2D eigenvalue weighted by Crippen LogP contribution is 2.30. The molecule has 1 unspecified atom stereocenters. The maximum Gasteiger partial charge on any atom is 0.237 e. The molecule has 3 aromatic rings. The zero-order valence-electron chi connectivity index (χ0n) is 19.9. The van der Waals surface area contributed by atoms with Crippen molar-refractivity contribution >= 4 is 17.7 Å². The SMILES string of the molecule is Cc1cc(N2CCNC(CC(=O)NCCc3ccc4c(c3)OCCO4)C2=C=O)nc(-n2ccnc2)n1. The summed E-state index contributed by atoms with van der Waals surface area (Å²) in [7, 11) is 0. The summed E-state index contributed by atoms with van der Waals surface area (Å²) in [6, 6.07) is 7.14. The number of carbonyl (C=O) groups is 1. The molecular formula is C25H27N7O4. The molecule has 1 amide bonds. The van der Waals surface area contributed by atoms with Gasteiger partial charge in [0.15, 0.2) is 11.5 Å². The lowest BCUT2D eigenvalue weighted by Gasteiger charge is -2.34. The molecule has 0 bridgehead atoms. The number of piperazine rings is 1. The molecule has 0 spiro atoms. The third kappa shape index (κ3) is 5.22. The normalized spacial score (nSPS) is 17.0. The number of hydrogen-bond acceptors (Lipinski definition) is 9. The molecule has 1 fully saturated rings. The fourth-order valence-corrected chi connectivity index (χ4v) is 4.30. The summed E-state index contributed by atoms with van der Waals surface area (Å²) >= 11 is 0. The number of amides is 1. The molecule has 36 heavy (non-hydrogen) atoms. The zero-order chi connectivity index (χ0) is 24.9. The first kappa shape index (κ1) is 23.5. The number of ether oxygens (including phenoxy) is 2. The molecule has 1 atom stereocenters. The van der Waals surface area contributed by atoms with Crippen LogP contribution >= 0.6 is 0 Å². The minimum atomic E-state index is -0.475. The Morgan fingerprint density at radius 2 is 2.08 bits per heavy atom. The average molecular weight is 490 g/mol. The number of nitrogens with one attached hydrogen (secondary N) is 2. The Hall–Kier alpha value is -4.21. The van der Waals surface area contributed by atoms with E-state index >= 15 is 0 Å². The highest BCUT2D eigenvalue weighted by Gasteiger charge is 2.30. The van der Waals surface area contributed by atoms with Crippen LogP contribution in [-0.2, 0) is 16.0 Å². The third-order valence-electron chi connectivity index (χ3n) is 6.02. The molecule has 4 heterocycles. The second-order valence-electron chi connectivity index (χ2n) is 8.57. The van der Waals surface area contributed by atoms with Crippen LogP contribution in [0.4, 0.5) is 5.82 Å². The van der Waals surface area contributed by atoms with Crippen LogP contribution in [0.3, 0.4) is 0 Å². The number of aromatic nitrogens is 4. The molecule has 2 N–H and O–H groups in total. The zero-order valence-corrected chi connectivity index (χ0v) is 19.9. The highest BCUT2D eigenvalue weighted by molar-refractivity contribution is 5.78. The predicted molar refractivity (Wildman–Crippen MR) is 131 cm³/mol. The quantitative estimate of drug-likeness (QED) is 0.468. The van der Waals surface area contributed by atoms with Gasteiger partial charge in [-0.2, -0.15) is 4.98 Å². The second kappa shape index (κ2) is 10.6. The van der Waals surface area contributed by atoms with Gasteiger partial charge in [0.1, 0.15) is 37.0 Å². The molecule has 186 valence electrons. The molecule has 2 aliphatic rings. The van der Waals surface area contributed by atoms with Gasteiger partial charge in [0, 0.05) is 50.2 Å². The van der Waals surface area contributed by atoms with E-state index in [9.17, 15) is 9.59 Å². The van der Waals surface area contributed by atoms with Crippen LogP contribution in [-0.4, -0.2) is 70.3 Å². The molecule has 2 aromatic heterocycles. The van der Waals surface area contributed by atoms with Crippen molar-refractivity contribution in [2.45, 2.75) is 25.8 Å². The molecule has 1 saturated heterocycles. The van der Waals surface area contributed by atoms with Crippen molar-refractivity contribution in [1.29, 1.82) is 0 Å². The third-order valence-corrected chi connectivity index (χ3v) is 6.02. The van der Waals surface area contributed by atoms with Crippen molar-refractivity contribution in [2.75, 3.05) is 37.7 Å². The minimum Gasteiger partial charge on any atom is -0.486 e. The van der Waals surface area contributed by atoms with Gasteiger partial charge in [0.05, 0.1) is 6.04 Å². The van der Waals surface area contributed by atoms with E-state index in [0.717, 1.165) is 22.8 Å². The van der Waals surface area contributed by atoms with E-state index in [1.165, 1.54) is 0 Å². The van der Waals surface area contributed by atoms with Crippen molar-refractivity contribution in [3.63, 3.8) is 0 Å². The highest BCUT2D eigenvalue weighted by atomic mass is 16.6. The molecular weight excluding hydrogens is 462 g/mol. The lowest BCUT2D eigenvalue weighted by molar-refractivity contribution is -0.121. The molecule has 2 aliphatic heterocycles. The van der Waals surface area contributed by atoms with E-state index in [1.807, 2.05) is 37.1 Å². The van der Waals surface area contributed by atoms with Gasteiger partial charge in [-0.3, -0.25) is 9.36 Å². The summed E-state index contributed by atoms with van der Waals surface area (Å²) in [6.45, 7) is 4.52. The first-order chi connectivity index (χ1) is 17.6. The molecule has 11 nitrogen and oxygen atoms in total. The summed E-state index contributed by atoms with van der Waals surface area (Å²) in [5.41, 5.74) is 2.14. The number of hydrogen-bond donors (Lipinski definition) is 2. The lowest BCUT2D eigenvalue weighted by Crippen LogP contribution is -2.51. The van der Waals surface area contributed by atoms with Crippen LogP contribution in [0.25, 0.3) is 5.95 Å². The van der Waals surface area contributed by atoms with Crippen LogP contribution in [0.1, 0.15) is 17.7 Å². The predicted octanol–water partition coefficient (Wildman–Crippen LogP) is 0.985. The first-order valence-corrected chi connectivity index (χ1v) is 11.9. The van der Waals surface area contributed by atoms with E-state index in [-0.39, 0.29) is 12.3 Å². The van der Waals surface area contributed by atoms with E-state index in [1.54, 1.807) is 28.2 Å². The van der Waals surface area contributed by atoms with Gasteiger partial charge in [-0.05, 0) is 31.0 Å². The summed E-state index contributed by atoms with van der Waals surface area (Å²) in [4.78, 5) is 39.6. The van der Waals surface area contributed by atoms with Crippen LogP contribution in [0.15, 0.2) is 48.7 Å². The van der Waals surface area contributed by atoms with Crippen molar-refractivity contribution in [1.82, 2.24) is 30.2 Å².